The van der Waals surface area contributed by atoms with Gasteiger partial charge in [-0.1, -0.05) is 36.4 Å². The van der Waals surface area contributed by atoms with Crippen LogP contribution in [0.5, 0.6) is 5.75 Å². The van der Waals surface area contributed by atoms with Crippen LogP contribution in [0.2, 0.25) is 0 Å². The molecule has 1 aliphatic heterocycles. The van der Waals surface area contributed by atoms with Crippen LogP contribution in [0.3, 0.4) is 0 Å². The maximum absolute atomic E-state index is 7.78. The molecule has 0 aliphatic carbocycles. The Morgan fingerprint density at radius 1 is 1.21 bits per heavy atom. The van der Waals surface area contributed by atoms with Gasteiger partial charge in [0.05, 0.1) is 0 Å². The summed E-state index contributed by atoms with van der Waals surface area (Å²) in [5, 5.41) is 1.06. The number of nitrogens with zero attached hydrogens (tertiary/aromatic N) is 1. The Morgan fingerprint density at radius 2 is 2.12 bits per heavy atom. The number of ether oxygens (including phenoxy) is 1. The van der Waals surface area contributed by atoms with E-state index in [1.807, 2.05) is 54.7 Å². The van der Waals surface area contributed by atoms with Crippen LogP contribution in [0.25, 0.3) is 10.9 Å². The summed E-state index contributed by atoms with van der Waals surface area (Å²) in [4.78, 5) is 4.98. The predicted molar refractivity (Wildman–Crippen MR) is 98.4 cm³/mol. The average Bonchev–Trinajstić information content (AvgIpc) is 3.29. The summed E-state index contributed by atoms with van der Waals surface area (Å²) in [7, 11) is 0. The van der Waals surface area contributed by atoms with Gasteiger partial charge in [-0.25, -0.2) is 0 Å². The number of aromatic amines is 1. The Hall–Kier alpha value is -2.26. The Bertz CT molecular complexity index is 905. The van der Waals surface area contributed by atoms with Gasteiger partial charge in [-0.15, -0.1) is 0 Å². The summed E-state index contributed by atoms with van der Waals surface area (Å²) in [6.07, 6.45) is 4.56. The minimum atomic E-state index is -2.03. The van der Waals surface area contributed by atoms with E-state index < -0.39 is 6.98 Å². The first-order valence-corrected chi connectivity index (χ1v) is 8.55. The summed E-state index contributed by atoms with van der Waals surface area (Å²) < 4.78 is 29.5. The molecule has 1 aromatic heterocycles. The molecule has 1 N–H and O–H groups in total. The number of likely N-dealkylation sites (N-methyl/N-ethyl adjacent to an activating group) is 1. The number of likely N-dealkylation sites (tertiary alicyclic amines) is 1. The first kappa shape index (κ1) is 12.2. The van der Waals surface area contributed by atoms with E-state index in [0.717, 1.165) is 40.6 Å². The van der Waals surface area contributed by atoms with Gasteiger partial charge in [0.15, 0.2) is 0 Å². The number of hydrogen-bond acceptors (Lipinski definition) is 2. The molecule has 0 saturated carbocycles. The second-order valence-electron chi connectivity index (χ2n) is 6.46. The third kappa shape index (κ3) is 3.04. The molecule has 124 valence electrons. The van der Waals surface area contributed by atoms with Crippen molar-refractivity contribution in [2.75, 3.05) is 13.5 Å². The van der Waals surface area contributed by atoms with Gasteiger partial charge in [0.1, 0.15) is 12.4 Å². The van der Waals surface area contributed by atoms with Gasteiger partial charge < -0.3 is 14.6 Å². The van der Waals surface area contributed by atoms with Crippen LogP contribution in [0.15, 0.2) is 54.7 Å². The molecular formula is C21H24N2O. The monoisotopic (exact) mass is 323 g/mol. The van der Waals surface area contributed by atoms with Crippen LogP contribution >= 0.6 is 0 Å². The maximum Gasteiger partial charge on any atom is 0.129 e. The summed E-state index contributed by atoms with van der Waals surface area (Å²) in [6.45, 7) is -0.879. The molecule has 24 heavy (non-hydrogen) atoms. The van der Waals surface area contributed by atoms with Crippen molar-refractivity contribution in [3.63, 3.8) is 0 Å². The largest absolute Gasteiger partial charge is 0.488 e. The average molecular weight is 323 g/mol. The van der Waals surface area contributed by atoms with Gasteiger partial charge >= 0.3 is 0 Å². The fourth-order valence-corrected chi connectivity index (χ4v) is 3.54. The molecule has 2 heterocycles. The summed E-state index contributed by atoms with van der Waals surface area (Å²) in [6, 6.07) is 16.1. The SMILES string of the molecule is [2H]C([2H])([2H])N1CCC[C@H]1Cc1c[nH]c2cccc(OCc3ccccc3)c12. The van der Waals surface area contributed by atoms with Gasteiger partial charge in [0.25, 0.3) is 0 Å². The van der Waals surface area contributed by atoms with E-state index in [1.54, 1.807) is 4.90 Å². The molecule has 1 saturated heterocycles. The van der Waals surface area contributed by atoms with E-state index in [-0.39, 0.29) is 6.04 Å². The Labute approximate surface area is 147 Å². The van der Waals surface area contributed by atoms with Crippen molar-refractivity contribution in [3.05, 3.63) is 65.9 Å². The molecule has 1 aliphatic rings. The second kappa shape index (κ2) is 6.70. The van der Waals surface area contributed by atoms with Crippen LogP contribution in [0.1, 0.15) is 28.1 Å². The Morgan fingerprint density at radius 3 is 3.00 bits per heavy atom. The number of aromatic nitrogens is 1. The number of benzene rings is 2. The molecule has 2 aromatic carbocycles. The molecule has 0 radical (unpaired) electrons. The van der Waals surface area contributed by atoms with Crippen molar-refractivity contribution in [3.8, 4) is 5.75 Å². The van der Waals surface area contributed by atoms with Gasteiger partial charge in [-0.2, -0.15) is 0 Å². The topological polar surface area (TPSA) is 28.3 Å². The zero-order chi connectivity index (χ0) is 18.9. The van der Waals surface area contributed by atoms with Crippen LogP contribution in [-0.4, -0.2) is 29.4 Å². The van der Waals surface area contributed by atoms with Gasteiger partial charge in [0.2, 0.25) is 0 Å². The van der Waals surface area contributed by atoms with E-state index in [2.05, 4.69) is 4.98 Å². The molecule has 0 spiro atoms. The molecule has 3 nitrogen and oxygen atoms in total. The predicted octanol–water partition coefficient (Wildman–Crippen LogP) is 4.38. The van der Waals surface area contributed by atoms with Crippen LogP contribution < -0.4 is 4.74 Å². The third-order valence-electron chi connectivity index (χ3n) is 4.82. The fourth-order valence-electron chi connectivity index (χ4n) is 3.54. The lowest BCUT2D eigenvalue weighted by Crippen LogP contribution is -2.26. The van der Waals surface area contributed by atoms with E-state index in [1.165, 1.54) is 0 Å². The van der Waals surface area contributed by atoms with Gasteiger partial charge in [-0.05, 0) is 56.0 Å². The molecule has 4 rings (SSSR count). The normalized spacial score (nSPS) is 20.7. The second-order valence-corrected chi connectivity index (χ2v) is 6.46. The lowest BCUT2D eigenvalue weighted by atomic mass is 10.0. The number of fused-ring (bicyclic) bond motifs is 1. The number of hydrogen-bond donors (Lipinski definition) is 1. The zero-order valence-corrected chi connectivity index (χ0v) is 13.7. The first-order chi connectivity index (χ1) is 13.0. The Balaban J connectivity index is 1.58. The van der Waals surface area contributed by atoms with E-state index in [0.29, 0.717) is 19.6 Å². The van der Waals surface area contributed by atoms with Gasteiger partial charge in [-0.3, -0.25) is 0 Å². The highest BCUT2D eigenvalue weighted by molar-refractivity contribution is 5.89. The summed E-state index contributed by atoms with van der Waals surface area (Å²) >= 11 is 0. The van der Waals surface area contributed by atoms with Crippen LogP contribution in [-0.2, 0) is 13.0 Å². The van der Waals surface area contributed by atoms with Gasteiger partial charge in [0, 0.05) is 27.3 Å². The number of H-pyrrole nitrogens is 1. The molecule has 0 amide bonds. The first-order valence-electron chi connectivity index (χ1n) is 10.0. The van der Waals surface area contributed by atoms with Crippen molar-refractivity contribution < 1.29 is 8.85 Å². The van der Waals surface area contributed by atoms with Crippen molar-refractivity contribution in [2.24, 2.45) is 0 Å². The highest BCUT2D eigenvalue weighted by Gasteiger charge is 2.22. The molecule has 0 unspecified atom stereocenters. The summed E-state index contributed by atoms with van der Waals surface area (Å²) in [5.74, 6) is 0.839. The van der Waals surface area contributed by atoms with E-state index >= 15 is 0 Å². The van der Waals surface area contributed by atoms with E-state index in [4.69, 9.17) is 8.85 Å². The quantitative estimate of drug-likeness (QED) is 0.754. The fraction of sp³-hybridized carbons (Fsp3) is 0.333. The summed E-state index contributed by atoms with van der Waals surface area (Å²) in [5.41, 5.74) is 3.26. The minimum Gasteiger partial charge on any atom is -0.488 e. The van der Waals surface area contributed by atoms with Crippen LogP contribution in [0.4, 0.5) is 0 Å². The highest BCUT2D eigenvalue weighted by atomic mass is 16.5. The van der Waals surface area contributed by atoms with Crippen molar-refractivity contribution in [2.45, 2.75) is 31.9 Å². The smallest absolute Gasteiger partial charge is 0.129 e. The molecule has 0 bridgehead atoms. The maximum atomic E-state index is 7.78. The lowest BCUT2D eigenvalue weighted by Gasteiger charge is -2.19. The molecule has 3 aromatic rings. The van der Waals surface area contributed by atoms with E-state index in [9.17, 15) is 0 Å². The highest BCUT2D eigenvalue weighted by Crippen LogP contribution is 2.32. The molecule has 1 fully saturated rings. The van der Waals surface area contributed by atoms with Crippen molar-refractivity contribution in [1.29, 1.82) is 0 Å². The molecule has 3 heteroatoms. The Kier molecular flexibility index (Phi) is 3.39. The zero-order valence-electron chi connectivity index (χ0n) is 16.7. The lowest BCUT2D eigenvalue weighted by molar-refractivity contribution is 0.306. The van der Waals surface area contributed by atoms with Crippen LogP contribution in [0, 0.1) is 0 Å². The standard InChI is InChI=1S/C21H24N2O/c1-23-12-6-9-18(23)13-17-14-22-19-10-5-11-20(21(17)19)24-15-16-7-3-2-4-8-16/h2-5,7-8,10-11,14,18,22H,6,9,12-13,15H2,1H3/t18-/m0/s1/i1D3. The third-order valence-corrected chi connectivity index (χ3v) is 4.82. The molecule has 1 atom stereocenters. The minimum absolute atomic E-state index is 0.0404. The number of rotatable bonds is 5. The number of nitrogens with one attached hydrogen (secondary N) is 1. The van der Waals surface area contributed by atoms with Crippen molar-refractivity contribution in [1.82, 2.24) is 9.88 Å². The van der Waals surface area contributed by atoms with Crippen molar-refractivity contribution >= 4 is 10.9 Å². The molecular weight excluding hydrogens is 296 g/mol.